The summed E-state index contributed by atoms with van der Waals surface area (Å²) in [4.78, 5) is 26.4. The molecule has 0 heterocycles. The van der Waals surface area contributed by atoms with Crippen LogP contribution in [0.25, 0.3) is 0 Å². The minimum atomic E-state index is -0.748. The van der Waals surface area contributed by atoms with E-state index >= 15 is 0 Å². The maximum atomic E-state index is 12.2. The zero-order chi connectivity index (χ0) is 25.8. The van der Waals surface area contributed by atoms with E-state index in [4.69, 9.17) is 18.9 Å². The molecule has 2 rings (SSSR count). The molecule has 1 atom stereocenters. The van der Waals surface area contributed by atoms with E-state index in [1.807, 2.05) is 24.3 Å². The summed E-state index contributed by atoms with van der Waals surface area (Å²) >= 11 is 0. The molecule has 0 saturated carbocycles. The maximum Gasteiger partial charge on any atom is 0.513 e. The van der Waals surface area contributed by atoms with Gasteiger partial charge >= 0.3 is 12.3 Å². The van der Waals surface area contributed by atoms with Crippen LogP contribution in [0.5, 0.6) is 5.75 Å². The van der Waals surface area contributed by atoms with Gasteiger partial charge in [-0.3, -0.25) is 4.90 Å². The Morgan fingerprint density at radius 1 is 0.829 bits per heavy atom. The summed E-state index contributed by atoms with van der Waals surface area (Å²) in [6.07, 6.45) is -0.658. The van der Waals surface area contributed by atoms with Crippen LogP contribution in [0.2, 0.25) is 0 Å². The molecule has 0 aromatic heterocycles. The zero-order valence-electron chi connectivity index (χ0n) is 21.8. The summed E-state index contributed by atoms with van der Waals surface area (Å²) in [5.41, 5.74) is 2.72. The standard InChI is InChI=1S/C28H39NO6/c1-7-32-27(30)34-19-22-14-15-26(35-28(31)33-8-2)25(18-22)24(23-12-10-9-11-13-23)16-17-29(20(3)4)21(5)6/h9-15,18,20-21,24H,7-8,16-17,19H2,1-6H3. The fourth-order valence-electron chi connectivity index (χ4n) is 4.17. The first-order valence-electron chi connectivity index (χ1n) is 12.3. The Morgan fingerprint density at radius 2 is 1.46 bits per heavy atom. The highest BCUT2D eigenvalue weighted by Crippen LogP contribution is 2.36. The Labute approximate surface area is 209 Å². The van der Waals surface area contributed by atoms with Crippen LogP contribution in [0, 0.1) is 0 Å². The first kappa shape index (κ1) is 28.2. The maximum absolute atomic E-state index is 12.2. The number of benzene rings is 2. The van der Waals surface area contributed by atoms with Crippen LogP contribution in [0.1, 0.15) is 70.6 Å². The van der Waals surface area contributed by atoms with Gasteiger partial charge < -0.3 is 18.9 Å². The second kappa shape index (κ2) is 14.4. The van der Waals surface area contributed by atoms with Crippen LogP contribution in [-0.4, -0.2) is 49.1 Å². The lowest BCUT2D eigenvalue weighted by atomic mass is 9.86. The van der Waals surface area contributed by atoms with Crippen LogP contribution in [0.4, 0.5) is 9.59 Å². The average Bonchev–Trinajstić information content (AvgIpc) is 2.82. The molecule has 0 aliphatic carbocycles. The molecular formula is C28H39NO6. The van der Waals surface area contributed by atoms with E-state index in [0.717, 1.165) is 29.7 Å². The van der Waals surface area contributed by atoms with E-state index < -0.39 is 12.3 Å². The second-order valence-electron chi connectivity index (χ2n) is 8.81. The molecule has 35 heavy (non-hydrogen) atoms. The number of ether oxygens (including phenoxy) is 4. The van der Waals surface area contributed by atoms with Gasteiger partial charge in [-0.1, -0.05) is 36.4 Å². The molecule has 192 valence electrons. The number of nitrogens with zero attached hydrogens (tertiary/aromatic N) is 1. The molecule has 0 saturated heterocycles. The fraction of sp³-hybridized carbons (Fsp3) is 0.500. The fourth-order valence-corrected chi connectivity index (χ4v) is 4.17. The Hall–Kier alpha value is -3.06. The van der Waals surface area contributed by atoms with Crippen LogP contribution in [0.3, 0.4) is 0 Å². The van der Waals surface area contributed by atoms with E-state index in [-0.39, 0.29) is 25.7 Å². The molecule has 0 amide bonds. The highest BCUT2D eigenvalue weighted by Gasteiger charge is 2.24. The minimum absolute atomic E-state index is 0.0526. The van der Waals surface area contributed by atoms with Crippen molar-refractivity contribution in [2.24, 2.45) is 0 Å². The zero-order valence-corrected chi connectivity index (χ0v) is 21.8. The first-order chi connectivity index (χ1) is 16.8. The van der Waals surface area contributed by atoms with Gasteiger partial charge in [0.25, 0.3) is 0 Å². The van der Waals surface area contributed by atoms with Crippen molar-refractivity contribution < 1.29 is 28.5 Å². The van der Waals surface area contributed by atoms with Gasteiger partial charge in [-0.25, -0.2) is 9.59 Å². The predicted molar refractivity (Wildman–Crippen MR) is 136 cm³/mol. The highest BCUT2D eigenvalue weighted by molar-refractivity contribution is 5.65. The normalized spacial score (nSPS) is 12.0. The van der Waals surface area contributed by atoms with Crippen molar-refractivity contribution >= 4 is 12.3 Å². The largest absolute Gasteiger partial charge is 0.513 e. The van der Waals surface area contributed by atoms with Crippen LogP contribution >= 0.6 is 0 Å². The third-order valence-electron chi connectivity index (χ3n) is 5.73. The number of hydrogen-bond acceptors (Lipinski definition) is 7. The average molecular weight is 486 g/mol. The molecule has 0 spiro atoms. The number of carbonyl (C=O) groups is 2. The van der Waals surface area contributed by atoms with Gasteiger partial charge in [-0.15, -0.1) is 0 Å². The van der Waals surface area contributed by atoms with Gasteiger partial charge in [0.15, 0.2) is 0 Å². The van der Waals surface area contributed by atoms with Crippen molar-refractivity contribution in [1.29, 1.82) is 0 Å². The number of hydrogen-bond donors (Lipinski definition) is 0. The van der Waals surface area contributed by atoms with Crippen molar-refractivity contribution in [2.45, 2.75) is 72.6 Å². The quantitative estimate of drug-likeness (QED) is 0.250. The Morgan fingerprint density at radius 3 is 2.06 bits per heavy atom. The van der Waals surface area contributed by atoms with E-state index in [2.05, 4.69) is 44.7 Å². The summed E-state index contributed by atoms with van der Waals surface area (Å²) in [5.74, 6) is 0.376. The lowest BCUT2D eigenvalue weighted by molar-refractivity contribution is 0.0536. The Balaban J connectivity index is 2.46. The van der Waals surface area contributed by atoms with Gasteiger partial charge in [0.05, 0.1) is 13.2 Å². The molecule has 0 radical (unpaired) electrons. The summed E-state index contributed by atoms with van der Waals surface area (Å²) in [6, 6.07) is 16.4. The summed E-state index contributed by atoms with van der Waals surface area (Å²) < 4.78 is 20.7. The lowest BCUT2D eigenvalue weighted by Crippen LogP contribution is -2.38. The van der Waals surface area contributed by atoms with Gasteiger partial charge in [0.2, 0.25) is 0 Å². The van der Waals surface area contributed by atoms with Gasteiger partial charge in [-0.05, 0) is 77.8 Å². The van der Waals surface area contributed by atoms with Gasteiger partial charge in [-0.2, -0.15) is 0 Å². The summed E-state index contributed by atoms with van der Waals surface area (Å²) in [7, 11) is 0. The van der Waals surface area contributed by atoms with Crippen LogP contribution in [-0.2, 0) is 20.8 Å². The van der Waals surface area contributed by atoms with Crippen molar-refractivity contribution in [3.8, 4) is 5.75 Å². The van der Waals surface area contributed by atoms with E-state index in [1.165, 1.54) is 0 Å². The predicted octanol–water partition coefficient (Wildman–Crippen LogP) is 6.54. The second-order valence-corrected chi connectivity index (χ2v) is 8.81. The van der Waals surface area contributed by atoms with Gasteiger partial charge in [0.1, 0.15) is 12.4 Å². The van der Waals surface area contributed by atoms with E-state index in [9.17, 15) is 9.59 Å². The Kier molecular flexibility index (Phi) is 11.6. The molecule has 0 N–H and O–H groups in total. The number of carbonyl (C=O) groups excluding carboxylic acids is 2. The molecule has 7 nitrogen and oxygen atoms in total. The van der Waals surface area contributed by atoms with Crippen LogP contribution < -0.4 is 4.74 Å². The smallest absolute Gasteiger partial charge is 0.435 e. The highest BCUT2D eigenvalue weighted by atomic mass is 16.7. The SMILES string of the molecule is CCOC(=O)OCc1ccc(OC(=O)OCC)c(C(CCN(C(C)C)C(C)C)c2ccccc2)c1. The topological polar surface area (TPSA) is 74.3 Å². The van der Waals surface area contributed by atoms with Crippen LogP contribution in [0.15, 0.2) is 48.5 Å². The van der Waals surface area contributed by atoms with Crippen molar-refractivity contribution in [3.63, 3.8) is 0 Å². The molecule has 0 aliphatic rings. The molecule has 0 bridgehead atoms. The van der Waals surface area contributed by atoms with Crippen molar-refractivity contribution in [1.82, 2.24) is 4.90 Å². The number of rotatable bonds is 12. The van der Waals surface area contributed by atoms with E-state index in [0.29, 0.717) is 17.8 Å². The summed E-state index contributed by atoms with van der Waals surface area (Å²) in [5, 5.41) is 0. The lowest BCUT2D eigenvalue weighted by Gasteiger charge is -2.32. The molecular weight excluding hydrogens is 446 g/mol. The van der Waals surface area contributed by atoms with Crippen molar-refractivity contribution in [2.75, 3.05) is 19.8 Å². The monoisotopic (exact) mass is 485 g/mol. The van der Waals surface area contributed by atoms with E-state index in [1.54, 1.807) is 26.0 Å². The molecule has 0 aliphatic heterocycles. The van der Waals surface area contributed by atoms with Crippen molar-refractivity contribution in [3.05, 3.63) is 65.2 Å². The minimum Gasteiger partial charge on any atom is -0.435 e. The third-order valence-corrected chi connectivity index (χ3v) is 5.73. The molecule has 2 aromatic rings. The molecule has 0 fully saturated rings. The third kappa shape index (κ3) is 8.91. The Bertz CT molecular complexity index is 920. The molecule has 2 aromatic carbocycles. The molecule has 1 unspecified atom stereocenters. The summed E-state index contributed by atoms with van der Waals surface area (Å²) in [6.45, 7) is 13.6. The first-order valence-corrected chi connectivity index (χ1v) is 12.3. The molecule has 7 heteroatoms. The van der Waals surface area contributed by atoms with Gasteiger partial charge in [0, 0.05) is 23.6 Å².